The van der Waals surface area contributed by atoms with Crippen LogP contribution in [0.5, 0.6) is 0 Å². The van der Waals surface area contributed by atoms with Crippen LogP contribution in [0.2, 0.25) is 0 Å². The summed E-state index contributed by atoms with van der Waals surface area (Å²) in [6.07, 6.45) is 0. The van der Waals surface area contributed by atoms with Crippen molar-refractivity contribution in [3.8, 4) is 33.6 Å². The Bertz CT molecular complexity index is 3110. The van der Waals surface area contributed by atoms with Crippen molar-refractivity contribution in [2.24, 2.45) is 0 Å². The van der Waals surface area contributed by atoms with Gasteiger partial charge in [-0.25, -0.2) is 0 Å². The highest BCUT2D eigenvalue weighted by Gasteiger charge is 2.21. The summed E-state index contributed by atoms with van der Waals surface area (Å²) in [4.78, 5) is 0. The average Bonchev–Trinajstić information content (AvgIpc) is 3.86. The maximum Gasteiger partial charge on any atom is 0.137 e. The topological polar surface area (TPSA) is 23.0 Å². The molecule has 0 aliphatic heterocycles. The van der Waals surface area contributed by atoms with Gasteiger partial charge in [-0.15, -0.1) is 0 Å². The van der Waals surface area contributed by atoms with Crippen LogP contribution in [0, 0.1) is 0 Å². The Morgan fingerprint density at radius 2 is 0.961 bits per heavy atom. The summed E-state index contributed by atoms with van der Waals surface area (Å²) < 4.78 is 11.4. The summed E-state index contributed by atoms with van der Waals surface area (Å²) in [5.41, 5.74) is 13.5. The van der Waals surface area contributed by atoms with Gasteiger partial charge in [-0.2, -0.15) is 0 Å². The quantitative estimate of drug-likeness (QED) is 0.186. The van der Waals surface area contributed by atoms with Crippen LogP contribution in [0.15, 0.2) is 186 Å². The molecule has 238 valence electrons. The number of furan rings is 1. The average molecular weight is 651 g/mol. The van der Waals surface area contributed by atoms with Crippen LogP contribution < -0.4 is 0 Å². The Morgan fingerprint density at radius 1 is 0.333 bits per heavy atom. The summed E-state index contributed by atoms with van der Waals surface area (Å²) in [5.74, 6) is 0. The lowest BCUT2D eigenvalue weighted by atomic mass is 9.99. The molecule has 11 aromatic rings. The second-order valence-corrected chi connectivity index (χ2v) is 13.3. The first-order valence-electron chi connectivity index (χ1n) is 17.4. The van der Waals surface area contributed by atoms with Gasteiger partial charge in [0.2, 0.25) is 0 Å². The lowest BCUT2D eigenvalue weighted by Gasteiger charge is -2.11. The molecule has 0 spiro atoms. The number of rotatable bonds is 4. The molecule has 0 saturated carbocycles. The summed E-state index contributed by atoms with van der Waals surface area (Å²) in [6.45, 7) is 0. The van der Waals surface area contributed by atoms with Crippen LogP contribution >= 0.6 is 0 Å². The van der Waals surface area contributed by atoms with Crippen molar-refractivity contribution in [3.05, 3.63) is 182 Å². The van der Waals surface area contributed by atoms with E-state index in [-0.39, 0.29) is 0 Å². The molecule has 0 atom stereocenters. The van der Waals surface area contributed by atoms with Gasteiger partial charge >= 0.3 is 0 Å². The molecule has 0 saturated heterocycles. The van der Waals surface area contributed by atoms with Crippen molar-refractivity contribution in [1.29, 1.82) is 0 Å². The Balaban J connectivity index is 1.17. The van der Waals surface area contributed by atoms with E-state index in [9.17, 15) is 0 Å². The van der Waals surface area contributed by atoms with E-state index >= 15 is 0 Å². The zero-order valence-corrected chi connectivity index (χ0v) is 27.6. The van der Waals surface area contributed by atoms with Gasteiger partial charge < -0.3 is 13.6 Å². The van der Waals surface area contributed by atoms with Gasteiger partial charge in [-0.3, -0.25) is 0 Å². The summed E-state index contributed by atoms with van der Waals surface area (Å²) in [7, 11) is 0. The van der Waals surface area contributed by atoms with Crippen molar-refractivity contribution in [2.75, 3.05) is 0 Å². The third-order valence-corrected chi connectivity index (χ3v) is 10.5. The maximum atomic E-state index is 6.59. The lowest BCUT2D eigenvalue weighted by molar-refractivity contribution is 0.668. The first-order valence-corrected chi connectivity index (χ1v) is 17.4. The number of aromatic nitrogens is 2. The predicted octanol–water partition coefficient (Wildman–Crippen LogP) is 13.1. The SMILES string of the molecule is c1ccc(-c2ccc(-n3c4ccccc4c4ccc5c(c6ccccc6n5-c5ccc6c(c5)oc5cccc(-c7ccccc7)c56)c43)cc2)cc1. The fourth-order valence-electron chi connectivity index (χ4n) is 8.30. The van der Waals surface area contributed by atoms with E-state index in [4.69, 9.17) is 4.42 Å². The van der Waals surface area contributed by atoms with Crippen LogP contribution in [-0.4, -0.2) is 9.13 Å². The van der Waals surface area contributed by atoms with Crippen molar-refractivity contribution in [3.63, 3.8) is 0 Å². The fraction of sp³-hybridized carbons (Fsp3) is 0. The molecule has 8 aromatic carbocycles. The van der Waals surface area contributed by atoms with Crippen molar-refractivity contribution in [1.82, 2.24) is 9.13 Å². The first-order chi connectivity index (χ1) is 25.3. The van der Waals surface area contributed by atoms with Gasteiger partial charge in [0.1, 0.15) is 11.2 Å². The van der Waals surface area contributed by atoms with Gasteiger partial charge in [-0.1, -0.05) is 127 Å². The van der Waals surface area contributed by atoms with Crippen LogP contribution in [0.3, 0.4) is 0 Å². The standard InChI is InChI=1S/C48H30N2O/c1-3-12-31(13-4-1)32-22-24-34(25-23-32)50-41-19-9-7-16-37(41)38-28-29-43-47(48(38)50)39-17-8-10-20-42(39)49(43)35-26-27-40-45(30-35)51-44-21-11-18-36(46(40)44)33-14-5-2-6-15-33/h1-30H. The van der Waals surface area contributed by atoms with Gasteiger partial charge in [-0.05, 0) is 70.8 Å². The predicted molar refractivity (Wildman–Crippen MR) is 213 cm³/mol. The van der Waals surface area contributed by atoms with Crippen molar-refractivity contribution < 1.29 is 4.42 Å². The Morgan fingerprint density at radius 3 is 1.75 bits per heavy atom. The number of fused-ring (bicyclic) bond motifs is 10. The fourth-order valence-corrected chi connectivity index (χ4v) is 8.30. The Labute approximate surface area is 293 Å². The zero-order chi connectivity index (χ0) is 33.5. The molecule has 51 heavy (non-hydrogen) atoms. The summed E-state index contributed by atoms with van der Waals surface area (Å²) >= 11 is 0. The van der Waals surface area contributed by atoms with E-state index in [2.05, 4.69) is 191 Å². The van der Waals surface area contributed by atoms with Crippen LogP contribution in [0.4, 0.5) is 0 Å². The molecule has 0 unspecified atom stereocenters. The highest BCUT2D eigenvalue weighted by molar-refractivity contribution is 6.26. The van der Waals surface area contributed by atoms with E-state index in [1.54, 1.807) is 0 Å². The third kappa shape index (κ3) is 4.12. The van der Waals surface area contributed by atoms with Gasteiger partial charge in [0.15, 0.2) is 0 Å². The molecule has 0 fully saturated rings. The number of hydrogen-bond acceptors (Lipinski definition) is 1. The van der Waals surface area contributed by atoms with E-state index in [1.807, 2.05) is 0 Å². The molecule has 0 aliphatic rings. The van der Waals surface area contributed by atoms with E-state index in [0.717, 1.165) is 44.3 Å². The molecule has 3 aromatic heterocycles. The molecule has 0 radical (unpaired) electrons. The largest absolute Gasteiger partial charge is 0.456 e. The molecule has 0 bridgehead atoms. The number of nitrogens with zero attached hydrogens (tertiary/aromatic N) is 2. The Hall–Kier alpha value is -6.84. The second-order valence-electron chi connectivity index (χ2n) is 13.3. The highest BCUT2D eigenvalue weighted by atomic mass is 16.3. The van der Waals surface area contributed by atoms with E-state index in [0.29, 0.717) is 0 Å². The molecular formula is C48H30N2O. The van der Waals surface area contributed by atoms with Crippen molar-refractivity contribution >= 4 is 65.6 Å². The molecule has 0 amide bonds. The highest BCUT2D eigenvalue weighted by Crippen LogP contribution is 2.43. The minimum absolute atomic E-state index is 0.880. The minimum Gasteiger partial charge on any atom is -0.456 e. The van der Waals surface area contributed by atoms with E-state index < -0.39 is 0 Å². The van der Waals surface area contributed by atoms with Crippen LogP contribution in [0.25, 0.3) is 99.2 Å². The second kappa shape index (κ2) is 10.8. The van der Waals surface area contributed by atoms with Gasteiger partial charge in [0, 0.05) is 49.8 Å². The van der Waals surface area contributed by atoms with Gasteiger partial charge in [0.05, 0.1) is 22.1 Å². The smallest absolute Gasteiger partial charge is 0.137 e. The normalized spacial score (nSPS) is 11.9. The Kier molecular flexibility index (Phi) is 5.96. The number of benzene rings is 8. The molecule has 3 heterocycles. The first kappa shape index (κ1) is 28.0. The molecule has 11 rings (SSSR count). The van der Waals surface area contributed by atoms with Crippen LogP contribution in [-0.2, 0) is 0 Å². The molecular weight excluding hydrogens is 621 g/mol. The van der Waals surface area contributed by atoms with Gasteiger partial charge in [0.25, 0.3) is 0 Å². The lowest BCUT2D eigenvalue weighted by Crippen LogP contribution is -1.95. The molecule has 0 aliphatic carbocycles. The van der Waals surface area contributed by atoms with Crippen LogP contribution in [0.1, 0.15) is 0 Å². The number of para-hydroxylation sites is 2. The molecule has 0 N–H and O–H groups in total. The third-order valence-electron chi connectivity index (χ3n) is 10.5. The summed E-state index contributed by atoms with van der Waals surface area (Å²) in [5, 5.41) is 7.22. The molecule has 3 heteroatoms. The minimum atomic E-state index is 0.880. The monoisotopic (exact) mass is 650 g/mol. The molecule has 3 nitrogen and oxygen atoms in total. The maximum absolute atomic E-state index is 6.59. The van der Waals surface area contributed by atoms with E-state index in [1.165, 1.54) is 54.8 Å². The van der Waals surface area contributed by atoms with Crippen molar-refractivity contribution in [2.45, 2.75) is 0 Å². The summed E-state index contributed by atoms with van der Waals surface area (Å²) in [6, 6.07) is 65.3. The number of hydrogen-bond donors (Lipinski definition) is 0. The zero-order valence-electron chi connectivity index (χ0n) is 27.6.